The summed E-state index contributed by atoms with van der Waals surface area (Å²) in [7, 11) is 0. The van der Waals surface area contributed by atoms with Crippen molar-refractivity contribution < 1.29 is 9.53 Å². The molecule has 0 N–H and O–H groups in total. The van der Waals surface area contributed by atoms with Crippen LogP contribution in [-0.4, -0.2) is 12.6 Å². The summed E-state index contributed by atoms with van der Waals surface area (Å²) in [5, 5.41) is 0. The molecular weight excluding hydrogens is 212 g/mol. The number of carbonyl (C=O) groups is 1. The first-order chi connectivity index (χ1) is 7.91. The van der Waals surface area contributed by atoms with Crippen molar-refractivity contribution in [1.29, 1.82) is 0 Å². The third-order valence-electron chi connectivity index (χ3n) is 2.21. The van der Waals surface area contributed by atoms with Gasteiger partial charge in [-0.25, -0.2) is 0 Å². The number of esters is 1. The lowest BCUT2D eigenvalue weighted by molar-refractivity contribution is -0.141. The molecule has 0 aromatic rings. The summed E-state index contributed by atoms with van der Waals surface area (Å²) >= 11 is 0. The van der Waals surface area contributed by atoms with Crippen LogP contribution in [0.2, 0.25) is 0 Å². The van der Waals surface area contributed by atoms with Crippen LogP contribution in [0.1, 0.15) is 47.0 Å². The van der Waals surface area contributed by atoms with E-state index in [0.717, 1.165) is 18.4 Å². The highest BCUT2D eigenvalue weighted by Gasteiger charge is 2.00. The SMILES string of the molecule is C=C(C)CC(=O)OC/C=C(\C)CCC=C(C)C. The molecule has 0 saturated heterocycles. The van der Waals surface area contributed by atoms with E-state index >= 15 is 0 Å². The van der Waals surface area contributed by atoms with Crippen LogP contribution < -0.4 is 0 Å². The summed E-state index contributed by atoms with van der Waals surface area (Å²) in [6.07, 6.45) is 6.55. The maximum Gasteiger partial charge on any atom is 0.310 e. The van der Waals surface area contributed by atoms with E-state index in [1.807, 2.05) is 13.0 Å². The normalized spacial score (nSPS) is 10.9. The molecule has 0 rings (SSSR count). The van der Waals surface area contributed by atoms with Crippen molar-refractivity contribution in [3.63, 3.8) is 0 Å². The lowest BCUT2D eigenvalue weighted by Crippen LogP contribution is -2.04. The van der Waals surface area contributed by atoms with E-state index in [-0.39, 0.29) is 5.97 Å². The van der Waals surface area contributed by atoms with Crippen LogP contribution in [0.25, 0.3) is 0 Å². The lowest BCUT2D eigenvalue weighted by Gasteiger charge is -2.03. The van der Waals surface area contributed by atoms with E-state index in [2.05, 4.69) is 33.4 Å². The average molecular weight is 236 g/mol. The number of hydrogen-bond donors (Lipinski definition) is 0. The van der Waals surface area contributed by atoms with E-state index in [1.54, 1.807) is 0 Å². The standard InChI is InChI=1S/C15H24O2/c1-12(2)7-6-8-14(5)9-10-17-15(16)11-13(3)4/h7,9H,3,6,8,10-11H2,1-2,4-5H3/b14-9+. The summed E-state index contributed by atoms with van der Waals surface area (Å²) in [6, 6.07) is 0. The van der Waals surface area contributed by atoms with Gasteiger partial charge in [-0.1, -0.05) is 29.4 Å². The highest BCUT2D eigenvalue weighted by molar-refractivity contribution is 5.72. The van der Waals surface area contributed by atoms with Crippen molar-refractivity contribution in [2.45, 2.75) is 47.0 Å². The maximum absolute atomic E-state index is 11.2. The fourth-order valence-electron chi connectivity index (χ4n) is 1.26. The Labute approximate surface area is 105 Å². The third kappa shape index (κ3) is 11.0. The molecule has 0 saturated carbocycles. The second-order valence-corrected chi connectivity index (χ2v) is 4.69. The summed E-state index contributed by atoms with van der Waals surface area (Å²) in [4.78, 5) is 11.2. The first-order valence-corrected chi connectivity index (χ1v) is 6.00. The van der Waals surface area contributed by atoms with Crippen molar-refractivity contribution >= 4 is 5.97 Å². The van der Waals surface area contributed by atoms with Crippen molar-refractivity contribution in [2.75, 3.05) is 6.61 Å². The van der Waals surface area contributed by atoms with Crippen LogP contribution in [0.5, 0.6) is 0 Å². The Morgan fingerprint density at radius 3 is 2.35 bits per heavy atom. The summed E-state index contributed by atoms with van der Waals surface area (Å²) in [6.45, 7) is 12.1. The molecule has 0 atom stereocenters. The zero-order valence-corrected chi connectivity index (χ0v) is 11.5. The smallest absolute Gasteiger partial charge is 0.310 e. The molecule has 0 fully saturated rings. The molecule has 0 aliphatic heterocycles. The van der Waals surface area contributed by atoms with E-state index in [0.29, 0.717) is 13.0 Å². The Bertz CT molecular complexity index is 318. The van der Waals surface area contributed by atoms with E-state index in [4.69, 9.17) is 4.74 Å². The molecule has 0 aliphatic rings. The molecule has 0 spiro atoms. The summed E-state index contributed by atoms with van der Waals surface area (Å²) in [5.74, 6) is -0.203. The molecule has 96 valence electrons. The Morgan fingerprint density at radius 2 is 1.82 bits per heavy atom. The van der Waals surface area contributed by atoms with Crippen molar-refractivity contribution in [3.8, 4) is 0 Å². The van der Waals surface area contributed by atoms with Gasteiger partial charge in [-0.2, -0.15) is 0 Å². The Hall–Kier alpha value is -1.31. The Balaban J connectivity index is 3.80. The van der Waals surface area contributed by atoms with Crippen LogP contribution in [-0.2, 0) is 9.53 Å². The average Bonchev–Trinajstić information content (AvgIpc) is 2.15. The molecule has 0 aromatic heterocycles. The van der Waals surface area contributed by atoms with Gasteiger partial charge in [0.25, 0.3) is 0 Å². The number of ether oxygens (including phenoxy) is 1. The number of carbonyl (C=O) groups excluding carboxylic acids is 1. The Kier molecular flexibility index (Phi) is 8.12. The van der Waals surface area contributed by atoms with Gasteiger partial charge in [0.05, 0.1) is 6.42 Å². The van der Waals surface area contributed by atoms with Gasteiger partial charge in [0.2, 0.25) is 0 Å². The van der Waals surface area contributed by atoms with Crippen molar-refractivity contribution in [2.24, 2.45) is 0 Å². The predicted octanol–water partition coefficient (Wildman–Crippen LogP) is 4.19. The lowest BCUT2D eigenvalue weighted by atomic mass is 10.1. The zero-order chi connectivity index (χ0) is 13.3. The molecule has 0 bridgehead atoms. The van der Waals surface area contributed by atoms with Gasteiger partial charge in [-0.05, 0) is 46.6 Å². The largest absolute Gasteiger partial charge is 0.461 e. The van der Waals surface area contributed by atoms with Crippen LogP contribution in [0.3, 0.4) is 0 Å². The van der Waals surface area contributed by atoms with Crippen LogP contribution in [0.4, 0.5) is 0 Å². The first kappa shape index (κ1) is 15.7. The minimum atomic E-state index is -0.203. The van der Waals surface area contributed by atoms with Crippen molar-refractivity contribution in [1.82, 2.24) is 0 Å². The highest BCUT2D eigenvalue weighted by atomic mass is 16.5. The minimum Gasteiger partial charge on any atom is -0.461 e. The molecule has 0 radical (unpaired) electrons. The molecular formula is C15H24O2. The number of hydrogen-bond acceptors (Lipinski definition) is 2. The highest BCUT2D eigenvalue weighted by Crippen LogP contribution is 2.06. The van der Waals surface area contributed by atoms with Crippen molar-refractivity contribution in [3.05, 3.63) is 35.5 Å². The fraction of sp³-hybridized carbons (Fsp3) is 0.533. The second kappa shape index (κ2) is 8.80. The predicted molar refractivity (Wildman–Crippen MR) is 72.8 cm³/mol. The maximum atomic E-state index is 11.2. The molecule has 2 heteroatoms. The molecule has 0 aliphatic carbocycles. The van der Waals surface area contributed by atoms with Gasteiger partial charge in [0, 0.05) is 0 Å². The van der Waals surface area contributed by atoms with Gasteiger partial charge in [-0.3, -0.25) is 4.79 Å². The van der Waals surface area contributed by atoms with E-state index in [9.17, 15) is 4.79 Å². The molecule has 0 amide bonds. The van der Waals surface area contributed by atoms with Gasteiger partial charge in [0.1, 0.15) is 6.61 Å². The van der Waals surface area contributed by atoms with Gasteiger partial charge >= 0.3 is 5.97 Å². The number of rotatable bonds is 7. The van der Waals surface area contributed by atoms with E-state index < -0.39 is 0 Å². The monoisotopic (exact) mass is 236 g/mol. The molecule has 0 aromatic carbocycles. The molecule has 0 heterocycles. The third-order valence-corrected chi connectivity index (χ3v) is 2.21. The first-order valence-electron chi connectivity index (χ1n) is 6.00. The molecule has 17 heavy (non-hydrogen) atoms. The van der Waals surface area contributed by atoms with Gasteiger partial charge in [0.15, 0.2) is 0 Å². The van der Waals surface area contributed by atoms with Crippen LogP contribution in [0, 0.1) is 0 Å². The summed E-state index contributed by atoms with van der Waals surface area (Å²) in [5.41, 5.74) is 3.43. The van der Waals surface area contributed by atoms with Crippen LogP contribution >= 0.6 is 0 Å². The molecule has 2 nitrogen and oxygen atoms in total. The van der Waals surface area contributed by atoms with Gasteiger partial charge < -0.3 is 4.74 Å². The van der Waals surface area contributed by atoms with Gasteiger partial charge in [-0.15, -0.1) is 0 Å². The fourth-order valence-corrected chi connectivity index (χ4v) is 1.26. The topological polar surface area (TPSA) is 26.3 Å². The second-order valence-electron chi connectivity index (χ2n) is 4.69. The number of allylic oxidation sites excluding steroid dienone is 3. The Morgan fingerprint density at radius 1 is 1.18 bits per heavy atom. The summed E-state index contributed by atoms with van der Waals surface area (Å²) < 4.78 is 5.06. The van der Waals surface area contributed by atoms with E-state index in [1.165, 1.54) is 11.1 Å². The molecule has 0 unspecified atom stereocenters. The zero-order valence-electron chi connectivity index (χ0n) is 11.5. The van der Waals surface area contributed by atoms with Crippen LogP contribution in [0.15, 0.2) is 35.5 Å². The minimum absolute atomic E-state index is 0.203. The quantitative estimate of drug-likeness (QED) is 0.489.